The maximum Gasteiger partial charge on any atom is 0.329 e. The van der Waals surface area contributed by atoms with Crippen molar-refractivity contribution in [3.63, 3.8) is 0 Å². The number of nitrogens with zero attached hydrogens (tertiary/aromatic N) is 1. The molecule has 7 heteroatoms. The molecule has 0 bridgehead atoms. The van der Waals surface area contributed by atoms with E-state index in [1.807, 2.05) is 0 Å². The Hall–Kier alpha value is -3.35. The van der Waals surface area contributed by atoms with E-state index >= 15 is 0 Å². The predicted octanol–water partition coefficient (Wildman–Crippen LogP) is 1.49. The highest BCUT2D eigenvalue weighted by atomic mass is 16.5. The Morgan fingerprint density at radius 3 is 2.57 bits per heavy atom. The zero-order chi connectivity index (χ0) is 16.7. The lowest BCUT2D eigenvalue weighted by Gasteiger charge is -2.04. The van der Waals surface area contributed by atoms with E-state index in [2.05, 4.69) is 15.8 Å². The summed E-state index contributed by atoms with van der Waals surface area (Å²) >= 11 is 0. The van der Waals surface area contributed by atoms with Crippen molar-refractivity contribution in [3.8, 4) is 11.5 Å². The molecule has 2 amide bonds. The number of phenols is 1. The number of carbonyl (C=O) groups is 2. The van der Waals surface area contributed by atoms with Gasteiger partial charge in [0, 0.05) is 11.3 Å². The molecule has 0 aromatic heterocycles. The Labute approximate surface area is 132 Å². The fraction of sp³-hybridized carbons (Fsp3) is 0.0625. The Bertz CT molecular complexity index is 729. The predicted molar refractivity (Wildman–Crippen MR) is 85.5 cm³/mol. The summed E-state index contributed by atoms with van der Waals surface area (Å²) in [4.78, 5) is 23.3. The minimum Gasteiger partial charge on any atom is -0.507 e. The van der Waals surface area contributed by atoms with Gasteiger partial charge in [0.05, 0.1) is 13.3 Å². The van der Waals surface area contributed by atoms with Gasteiger partial charge in [-0.05, 0) is 30.3 Å². The number of methoxy groups -OCH3 is 1. The average Bonchev–Trinajstić information content (AvgIpc) is 2.57. The molecule has 23 heavy (non-hydrogen) atoms. The van der Waals surface area contributed by atoms with Crippen molar-refractivity contribution in [2.24, 2.45) is 5.10 Å². The second-order valence-corrected chi connectivity index (χ2v) is 4.44. The van der Waals surface area contributed by atoms with E-state index in [0.717, 1.165) is 0 Å². The first-order valence-electron chi connectivity index (χ1n) is 6.66. The van der Waals surface area contributed by atoms with Crippen LogP contribution in [-0.4, -0.2) is 30.2 Å². The zero-order valence-electron chi connectivity index (χ0n) is 12.3. The minimum atomic E-state index is -0.924. The molecule has 7 nitrogen and oxygen atoms in total. The van der Waals surface area contributed by atoms with Gasteiger partial charge in [0.25, 0.3) is 0 Å². The second-order valence-electron chi connectivity index (χ2n) is 4.44. The molecule has 0 atom stereocenters. The number of ether oxygens (including phenoxy) is 1. The minimum absolute atomic E-state index is 0.0301. The van der Waals surface area contributed by atoms with Gasteiger partial charge in [0.2, 0.25) is 0 Å². The van der Waals surface area contributed by atoms with Gasteiger partial charge in [-0.2, -0.15) is 5.10 Å². The molecule has 0 unspecified atom stereocenters. The van der Waals surface area contributed by atoms with Crippen LogP contribution in [0.15, 0.2) is 53.6 Å². The van der Waals surface area contributed by atoms with Crippen LogP contribution in [0, 0.1) is 0 Å². The lowest BCUT2D eigenvalue weighted by Crippen LogP contribution is -2.32. The van der Waals surface area contributed by atoms with E-state index in [9.17, 15) is 14.7 Å². The topological polar surface area (TPSA) is 100 Å². The molecule has 0 saturated carbocycles. The molecule has 0 fully saturated rings. The molecule has 2 aromatic carbocycles. The first-order chi connectivity index (χ1) is 11.1. The van der Waals surface area contributed by atoms with Gasteiger partial charge in [0.1, 0.15) is 11.5 Å². The van der Waals surface area contributed by atoms with Gasteiger partial charge in [-0.25, -0.2) is 5.43 Å². The number of carbonyl (C=O) groups excluding carboxylic acids is 2. The standard InChI is InChI=1S/C16H15N3O4/c1-23-13-7-8-14(20)11(9-13)10-17-19-16(22)15(21)18-12-5-3-2-4-6-12/h2-10,20H,1H3,(H,18,21)(H,19,22). The van der Waals surface area contributed by atoms with E-state index in [0.29, 0.717) is 17.0 Å². The molecule has 0 radical (unpaired) electrons. The van der Waals surface area contributed by atoms with E-state index in [-0.39, 0.29) is 5.75 Å². The number of anilines is 1. The van der Waals surface area contributed by atoms with Crippen LogP contribution in [-0.2, 0) is 9.59 Å². The molecule has 0 saturated heterocycles. The summed E-state index contributed by atoms with van der Waals surface area (Å²) < 4.78 is 5.02. The molecule has 0 aliphatic carbocycles. The molecule has 3 N–H and O–H groups in total. The summed E-state index contributed by atoms with van der Waals surface area (Å²) in [6, 6.07) is 13.1. The molecule has 118 valence electrons. The van der Waals surface area contributed by atoms with Crippen molar-refractivity contribution in [3.05, 3.63) is 54.1 Å². The third kappa shape index (κ3) is 4.57. The van der Waals surface area contributed by atoms with Crippen LogP contribution in [0.2, 0.25) is 0 Å². The number of para-hydroxylation sites is 1. The highest BCUT2D eigenvalue weighted by Gasteiger charge is 2.12. The van der Waals surface area contributed by atoms with E-state index in [1.165, 1.54) is 25.5 Å². The van der Waals surface area contributed by atoms with Crippen molar-refractivity contribution in [1.29, 1.82) is 0 Å². The quantitative estimate of drug-likeness (QED) is 0.452. The van der Waals surface area contributed by atoms with Gasteiger partial charge < -0.3 is 15.2 Å². The summed E-state index contributed by atoms with van der Waals surface area (Å²) in [6.45, 7) is 0. The lowest BCUT2D eigenvalue weighted by molar-refractivity contribution is -0.136. The number of rotatable bonds is 4. The van der Waals surface area contributed by atoms with Gasteiger partial charge >= 0.3 is 11.8 Å². The number of aromatic hydroxyl groups is 1. The van der Waals surface area contributed by atoms with Gasteiger partial charge in [-0.3, -0.25) is 9.59 Å². The summed E-state index contributed by atoms with van der Waals surface area (Å²) in [6.07, 6.45) is 1.21. The van der Waals surface area contributed by atoms with Crippen LogP contribution >= 0.6 is 0 Å². The lowest BCUT2D eigenvalue weighted by atomic mass is 10.2. The number of nitrogens with one attached hydrogen (secondary N) is 2. The highest BCUT2D eigenvalue weighted by molar-refractivity contribution is 6.39. The Kier molecular flexibility index (Phi) is 5.30. The van der Waals surface area contributed by atoms with Crippen LogP contribution in [0.1, 0.15) is 5.56 Å². The second kappa shape index (κ2) is 7.60. The number of benzene rings is 2. The maximum atomic E-state index is 11.7. The van der Waals surface area contributed by atoms with Crippen LogP contribution in [0.3, 0.4) is 0 Å². The summed E-state index contributed by atoms with van der Waals surface area (Å²) in [5, 5.41) is 15.7. The number of hydrogen-bond acceptors (Lipinski definition) is 5. The van der Waals surface area contributed by atoms with Crippen LogP contribution in [0.5, 0.6) is 11.5 Å². The van der Waals surface area contributed by atoms with E-state index < -0.39 is 11.8 Å². The van der Waals surface area contributed by atoms with Crippen LogP contribution < -0.4 is 15.5 Å². The summed E-state index contributed by atoms with van der Waals surface area (Å²) in [5.41, 5.74) is 2.93. The van der Waals surface area contributed by atoms with Crippen molar-refractivity contribution in [1.82, 2.24) is 5.43 Å². The Morgan fingerprint density at radius 1 is 1.13 bits per heavy atom. The van der Waals surface area contributed by atoms with Crippen LogP contribution in [0.4, 0.5) is 5.69 Å². The molecule has 0 spiro atoms. The van der Waals surface area contributed by atoms with E-state index in [4.69, 9.17) is 4.74 Å². The molecule has 0 heterocycles. The first kappa shape index (κ1) is 16.0. The molecule has 2 aromatic rings. The third-order valence-corrected chi connectivity index (χ3v) is 2.84. The molecular formula is C16H15N3O4. The molecule has 0 aliphatic rings. The molecular weight excluding hydrogens is 298 g/mol. The van der Waals surface area contributed by atoms with Gasteiger partial charge in [-0.1, -0.05) is 18.2 Å². The van der Waals surface area contributed by atoms with Crippen molar-refractivity contribution in [2.75, 3.05) is 12.4 Å². The largest absolute Gasteiger partial charge is 0.507 e. The first-order valence-corrected chi connectivity index (χ1v) is 6.66. The zero-order valence-corrected chi connectivity index (χ0v) is 12.3. The van der Waals surface area contributed by atoms with Crippen molar-refractivity contribution < 1.29 is 19.4 Å². The fourth-order valence-electron chi connectivity index (χ4n) is 1.68. The highest BCUT2D eigenvalue weighted by Crippen LogP contribution is 2.20. The van der Waals surface area contributed by atoms with Gasteiger partial charge in [0.15, 0.2) is 0 Å². The van der Waals surface area contributed by atoms with Gasteiger partial charge in [-0.15, -0.1) is 0 Å². The number of hydrogen-bond donors (Lipinski definition) is 3. The van der Waals surface area contributed by atoms with Crippen molar-refractivity contribution >= 4 is 23.7 Å². The SMILES string of the molecule is COc1ccc(O)c(C=NNC(=O)C(=O)Nc2ccccc2)c1. The molecule has 2 rings (SSSR count). The maximum absolute atomic E-state index is 11.7. The molecule has 0 aliphatic heterocycles. The van der Waals surface area contributed by atoms with Crippen molar-refractivity contribution in [2.45, 2.75) is 0 Å². The number of hydrazone groups is 1. The third-order valence-electron chi connectivity index (χ3n) is 2.84. The number of phenolic OH excluding ortho intramolecular Hbond substituents is 1. The monoisotopic (exact) mass is 313 g/mol. The van der Waals surface area contributed by atoms with E-state index in [1.54, 1.807) is 36.4 Å². The smallest absolute Gasteiger partial charge is 0.329 e. The Morgan fingerprint density at radius 2 is 1.87 bits per heavy atom. The fourth-order valence-corrected chi connectivity index (χ4v) is 1.68. The number of amides is 2. The van der Waals surface area contributed by atoms with Crippen LogP contribution in [0.25, 0.3) is 0 Å². The summed E-state index contributed by atoms with van der Waals surface area (Å²) in [7, 11) is 1.49. The Balaban J connectivity index is 1.94. The average molecular weight is 313 g/mol. The summed E-state index contributed by atoms with van der Waals surface area (Å²) in [5.74, 6) is -1.27. The normalized spacial score (nSPS) is 10.3.